The van der Waals surface area contributed by atoms with Gasteiger partial charge in [0.2, 0.25) is 0 Å². The number of nitrogens with zero attached hydrogens (tertiary/aromatic N) is 1. The predicted octanol–water partition coefficient (Wildman–Crippen LogP) is 4.82. The Bertz CT molecular complexity index is 848. The van der Waals surface area contributed by atoms with E-state index in [-0.39, 0.29) is 42.1 Å². The van der Waals surface area contributed by atoms with Gasteiger partial charge in [0.25, 0.3) is 5.69 Å². The van der Waals surface area contributed by atoms with E-state index in [9.17, 15) is 19.7 Å². The Kier molecular flexibility index (Phi) is 8.54. The highest BCUT2D eigenvalue weighted by Crippen LogP contribution is 2.44. The van der Waals surface area contributed by atoms with Crippen LogP contribution in [-0.2, 0) is 23.7 Å². The molecular formula is C19H21NO9S. The van der Waals surface area contributed by atoms with Gasteiger partial charge in [0, 0.05) is 17.5 Å². The molecule has 0 N–H and O–H groups in total. The Balaban J connectivity index is 2.49. The summed E-state index contributed by atoms with van der Waals surface area (Å²) in [6, 6.07) is 5.53. The van der Waals surface area contributed by atoms with E-state index in [0.717, 1.165) is 11.8 Å². The van der Waals surface area contributed by atoms with Crippen LogP contribution in [0.2, 0.25) is 0 Å². The molecule has 0 radical (unpaired) electrons. The van der Waals surface area contributed by atoms with Gasteiger partial charge in [0.05, 0.1) is 24.7 Å². The number of nitro groups is 1. The molecule has 1 aliphatic heterocycles. The van der Waals surface area contributed by atoms with Crippen LogP contribution in [0.25, 0.3) is 0 Å². The third-order valence-electron chi connectivity index (χ3n) is 3.66. The van der Waals surface area contributed by atoms with Gasteiger partial charge in [-0.25, -0.2) is 9.59 Å². The number of hydrogen-bond donors (Lipinski definition) is 0. The fraction of sp³-hybridized carbons (Fsp3) is 0.368. The second-order valence-electron chi connectivity index (χ2n) is 5.57. The normalized spacial score (nSPS) is 15.7. The largest absolute Gasteiger partial charge is 0.513 e. The smallest absolute Gasteiger partial charge is 0.484 e. The molecule has 1 aromatic rings. The Morgan fingerprint density at radius 3 is 2.13 bits per heavy atom. The standard InChI is InChI=1S/C19H21NO9S/c1-4-25-17-16(29-19(22)27-6-3)15(12-7-9-13(10-8-12)20(23)24)14(11-30-17)28-18(21)26-5-2/h7-11,15H,4-6H2,1-3H3. The van der Waals surface area contributed by atoms with Crippen LogP contribution in [0.4, 0.5) is 15.3 Å². The first-order valence-corrected chi connectivity index (χ1v) is 9.96. The van der Waals surface area contributed by atoms with Crippen LogP contribution in [-0.4, -0.2) is 37.1 Å². The summed E-state index contributed by atoms with van der Waals surface area (Å²) in [6.07, 6.45) is -1.90. The molecule has 10 nitrogen and oxygen atoms in total. The summed E-state index contributed by atoms with van der Waals surface area (Å²) in [5, 5.41) is 12.8. The van der Waals surface area contributed by atoms with E-state index in [1.165, 1.54) is 29.7 Å². The Morgan fingerprint density at radius 2 is 1.60 bits per heavy atom. The molecule has 0 saturated carbocycles. The number of benzene rings is 1. The number of hydrogen-bond acceptors (Lipinski definition) is 10. The quantitative estimate of drug-likeness (QED) is 0.316. The van der Waals surface area contributed by atoms with Gasteiger partial charge in [0.15, 0.2) is 10.9 Å². The van der Waals surface area contributed by atoms with Crippen molar-refractivity contribution in [3.63, 3.8) is 0 Å². The maximum absolute atomic E-state index is 12.0. The summed E-state index contributed by atoms with van der Waals surface area (Å²) >= 11 is 1.05. The lowest BCUT2D eigenvalue weighted by Crippen LogP contribution is -2.21. The molecule has 0 aromatic heterocycles. The van der Waals surface area contributed by atoms with Crippen molar-refractivity contribution in [2.45, 2.75) is 26.7 Å². The number of carbonyl (C=O) groups is 2. The highest BCUT2D eigenvalue weighted by atomic mass is 32.2. The van der Waals surface area contributed by atoms with Gasteiger partial charge in [-0.05, 0) is 26.3 Å². The van der Waals surface area contributed by atoms with Gasteiger partial charge in [-0.15, -0.1) is 0 Å². The third-order valence-corrected chi connectivity index (χ3v) is 4.54. The molecule has 1 unspecified atom stereocenters. The molecule has 1 aliphatic rings. The number of ether oxygens (including phenoxy) is 5. The fourth-order valence-electron chi connectivity index (χ4n) is 2.49. The molecule has 0 bridgehead atoms. The Hall–Kier alpha value is -3.21. The van der Waals surface area contributed by atoms with Gasteiger partial charge < -0.3 is 23.7 Å². The van der Waals surface area contributed by atoms with Crippen LogP contribution >= 0.6 is 11.8 Å². The first-order chi connectivity index (χ1) is 14.4. The van der Waals surface area contributed by atoms with Crippen molar-refractivity contribution >= 4 is 29.8 Å². The van der Waals surface area contributed by atoms with Crippen molar-refractivity contribution in [3.8, 4) is 0 Å². The van der Waals surface area contributed by atoms with Crippen molar-refractivity contribution in [2.75, 3.05) is 19.8 Å². The maximum Gasteiger partial charge on any atom is 0.513 e. The minimum atomic E-state index is -0.963. The van der Waals surface area contributed by atoms with Crippen LogP contribution in [0.15, 0.2) is 46.3 Å². The summed E-state index contributed by atoms with van der Waals surface area (Å²) in [6.45, 7) is 5.48. The molecule has 0 aliphatic carbocycles. The maximum atomic E-state index is 12.0. The van der Waals surface area contributed by atoms with Crippen LogP contribution in [0.3, 0.4) is 0 Å². The third kappa shape index (κ3) is 5.89. The molecule has 30 heavy (non-hydrogen) atoms. The average molecular weight is 439 g/mol. The van der Waals surface area contributed by atoms with Gasteiger partial charge in [0.1, 0.15) is 11.7 Å². The van der Waals surface area contributed by atoms with Crippen molar-refractivity contribution in [3.05, 3.63) is 62.0 Å². The van der Waals surface area contributed by atoms with E-state index in [4.69, 9.17) is 23.7 Å². The van der Waals surface area contributed by atoms with E-state index >= 15 is 0 Å². The molecule has 162 valence electrons. The van der Waals surface area contributed by atoms with Crippen LogP contribution in [0, 0.1) is 10.1 Å². The fourth-order valence-corrected chi connectivity index (χ4v) is 3.36. The molecule has 0 fully saturated rings. The van der Waals surface area contributed by atoms with Gasteiger partial charge >= 0.3 is 12.3 Å². The van der Waals surface area contributed by atoms with E-state index < -0.39 is 23.2 Å². The van der Waals surface area contributed by atoms with Crippen molar-refractivity contribution < 1.29 is 38.2 Å². The number of carbonyl (C=O) groups excluding carboxylic acids is 2. The molecule has 0 amide bonds. The lowest BCUT2D eigenvalue weighted by molar-refractivity contribution is -0.384. The summed E-state index contributed by atoms with van der Waals surface area (Å²) < 4.78 is 25.9. The summed E-state index contributed by atoms with van der Waals surface area (Å²) in [5.74, 6) is -0.756. The highest BCUT2D eigenvalue weighted by molar-refractivity contribution is 8.05. The molecular weight excluding hydrogens is 418 g/mol. The Morgan fingerprint density at radius 1 is 1.00 bits per heavy atom. The topological polar surface area (TPSA) is 123 Å². The summed E-state index contributed by atoms with van der Waals surface area (Å²) in [4.78, 5) is 34.4. The van der Waals surface area contributed by atoms with Gasteiger partial charge in [-0.1, -0.05) is 23.9 Å². The van der Waals surface area contributed by atoms with E-state index in [0.29, 0.717) is 5.56 Å². The summed E-state index contributed by atoms with van der Waals surface area (Å²) in [5.41, 5.74) is 0.343. The average Bonchev–Trinajstić information content (AvgIpc) is 2.70. The first kappa shape index (κ1) is 23.1. The van der Waals surface area contributed by atoms with Gasteiger partial charge in [-0.2, -0.15) is 0 Å². The monoisotopic (exact) mass is 439 g/mol. The minimum Gasteiger partial charge on any atom is -0.484 e. The zero-order valence-corrected chi connectivity index (χ0v) is 17.4. The van der Waals surface area contributed by atoms with E-state index in [2.05, 4.69) is 0 Å². The molecule has 1 aromatic carbocycles. The summed E-state index contributed by atoms with van der Waals surface area (Å²) in [7, 11) is 0. The zero-order chi connectivity index (χ0) is 22.1. The molecule has 11 heteroatoms. The zero-order valence-electron chi connectivity index (χ0n) is 16.6. The minimum absolute atomic E-state index is 0.0379. The van der Waals surface area contributed by atoms with Gasteiger partial charge in [-0.3, -0.25) is 10.1 Å². The second kappa shape index (κ2) is 11.1. The molecule has 1 atom stereocenters. The number of rotatable bonds is 8. The van der Waals surface area contributed by atoms with Crippen LogP contribution in [0.1, 0.15) is 32.3 Å². The molecule has 0 saturated heterocycles. The van der Waals surface area contributed by atoms with Crippen LogP contribution < -0.4 is 0 Å². The number of nitro benzene ring substituents is 1. The first-order valence-electron chi connectivity index (χ1n) is 9.08. The molecule has 0 spiro atoms. The van der Waals surface area contributed by atoms with Crippen LogP contribution in [0.5, 0.6) is 0 Å². The molecule has 1 heterocycles. The predicted molar refractivity (Wildman–Crippen MR) is 106 cm³/mol. The number of non-ortho nitro benzene ring substituents is 1. The van der Waals surface area contributed by atoms with Crippen molar-refractivity contribution in [1.82, 2.24) is 0 Å². The molecule has 2 rings (SSSR count). The lowest BCUT2D eigenvalue weighted by atomic mass is 9.95. The Labute approximate surface area is 176 Å². The SMILES string of the molecule is CCOC(=O)OC1=CSC(OCC)=C(OC(=O)OCC)C1c1ccc([N+](=O)[O-])cc1. The van der Waals surface area contributed by atoms with E-state index in [1.54, 1.807) is 20.8 Å². The van der Waals surface area contributed by atoms with Crippen molar-refractivity contribution in [2.24, 2.45) is 0 Å². The lowest BCUT2D eigenvalue weighted by Gasteiger charge is -2.27. The van der Waals surface area contributed by atoms with E-state index in [1.807, 2.05) is 0 Å². The second-order valence-corrected chi connectivity index (χ2v) is 6.42. The highest BCUT2D eigenvalue weighted by Gasteiger charge is 2.36. The number of thioether (sulfide) groups is 1. The van der Waals surface area contributed by atoms with Crippen molar-refractivity contribution in [1.29, 1.82) is 0 Å².